The summed E-state index contributed by atoms with van der Waals surface area (Å²) in [5.74, 6) is 1.56. The van der Waals surface area contributed by atoms with Crippen LogP contribution in [0.5, 0.6) is 5.75 Å². The van der Waals surface area contributed by atoms with Crippen LogP contribution in [0.4, 0.5) is 5.82 Å². The molecule has 1 fully saturated rings. The van der Waals surface area contributed by atoms with Gasteiger partial charge in [0.05, 0.1) is 0 Å². The number of anilines is 1. The minimum absolute atomic E-state index is 0.0365. The number of nitrogens with zero attached hydrogens (tertiary/aromatic N) is 3. The first kappa shape index (κ1) is 16.2. The zero-order valence-electron chi connectivity index (χ0n) is 13.8. The van der Waals surface area contributed by atoms with E-state index in [9.17, 15) is 4.79 Å². The molecule has 2 heterocycles. The zero-order valence-corrected chi connectivity index (χ0v) is 13.8. The molecule has 1 aliphatic heterocycles. The van der Waals surface area contributed by atoms with Crippen LogP contribution in [-0.4, -0.2) is 46.7 Å². The van der Waals surface area contributed by atoms with Crippen molar-refractivity contribution in [3.8, 4) is 5.75 Å². The Morgan fingerprint density at radius 3 is 2.83 bits per heavy atom. The highest BCUT2D eigenvalue weighted by Gasteiger charge is 2.23. The van der Waals surface area contributed by atoms with Gasteiger partial charge >= 0.3 is 0 Å². The number of likely N-dealkylation sites (tertiary alicyclic amines) is 1. The van der Waals surface area contributed by atoms with Gasteiger partial charge in [0.1, 0.15) is 11.6 Å². The Morgan fingerprint density at radius 1 is 1.29 bits per heavy atom. The molecule has 6 heteroatoms. The van der Waals surface area contributed by atoms with Crippen LogP contribution in [0.1, 0.15) is 18.4 Å². The van der Waals surface area contributed by atoms with Crippen LogP contribution in [0.2, 0.25) is 0 Å². The number of carbonyl (C=O) groups excluding carboxylic acids is 1. The summed E-state index contributed by atoms with van der Waals surface area (Å²) in [4.78, 5) is 14.1. The van der Waals surface area contributed by atoms with Crippen LogP contribution in [0.15, 0.2) is 42.6 Å². The third-order valence-corrected chi connectivity index (χ3v) is 4.12. The summed E-state index contributed by atoms with van der Waals surface area (Å²) >= 11 is 0. The van der Waals surface area contributed by atoms with E-state index in [1.165, 1.54) is 0 Å². The van der Waals surface area contributed by atoms with Crippen LogP contribution >= 0.6 is 0 Å². The predicted molar refractivity (Wildman–Crippen MR) is 91.9 cm³/mol. The minimum atomic E-state index is 0.0365. The van der Waals surface area contributed by atoms with Gasteiger partial charge in [-0.05, 0) is 49.6 Å². The van der Waals surface area contributed by atoms with Crippen LogP contribution in [-0.2, 0) is 4.79 Å². The summed E-state index contributed by atoms with van der Waals surface area (Å²) in [7, 11) is 0. The first-order chi connectivity index (χ1) is 11.7. The summed E-state index contributed by atoms with van der Waals surface area (Å²) in [6.07, 6.45) is 3.44. The molecular weight excluding hydrogens is 304 g/mol. The third kappa shape index (κ3) is 4.44. The Kier molecular flexibility index (Phi) is 5.25. The van der Waals surface area contributed by atoms with Gasteiger partial charge < -0.3 is 15.0 Å². The van der Waals surface area contributed by atoms with E-state index < -0.39 is 0 Å². The number of aryl methyl sites for hydroxylation is 1. The van der Waals surface area contributed by atoms with Crippen molar-refractivity contribution in [2.75, 3.05) is 25.0 Å². The third-order valence-electron chi connectivity index (χ3n) is 4.12. The second-order valence-electron chi connectivity index (χ2n) is 6.01. The lowest BCUT2D eigenvalue weighted by Gasteiger charge is -2.32. The highest BCUT2D eigenvalue weighted by molar-refractivity contribution is 5.77. The normalized spacial score (nSPS) is 15.1. The number of hydrogen-bond donors (Lipinski definition) is 1. The zero-order chi connectivity index (χ0) is 16.8. The first-order valence-corrected chi connectivity index (χ1v) is 8.22. The van der Waals surface area contributed by atoms with E-state index in [1.54, 1.807) is 6.20 Å². The van der Waals surface area contributed by atoms with E-state index in [0.29, 0.717) is 6.04 Å². The molecule has 0 unspecified atom stereocenters. The topological polar surface area (TPSA) is 67.3 Å². The standard InChI is InChI=1S/C18H22N4O2/c1-14-4-2-5-16(12-14)24-13-18(23)22-10-7-15(8-11-22)20-17-6-3-9-19-21-17/h2-6,9,12,15H,7-8,10-11,13H2,1H3,(H,20,21). The molecule has 1 saturated heterocycles. The fourth-order valence-corrected chi connectivity index (χ4v) is 2.80. The molecule has 6 nitrogen and oxygen atoms in total. The van der Waals surface area contributed by atoms with Crippen LogP contribution in [0.25, 0.3) is 0 Å². The molecule has 0 atom stereocenters. The molecule has 0 saturated carbocycles. The number of piperidine rings is 1. The van der Waals surface area contributed by atoms with Gasteiger partial charge in [-0.25, -0.2) is 0 Å². The van der Waals surface area contributed by atoms with Crippen molar-refractivity contribution in [2.45, 2.75) is 25.8 Å². The lowest BCUT2D eigenvalue weighted by Crippen LogP contribution is -2.44. The average Bonchev–Trinajstić information content (AvgIpc) is 2.61. The molecule has 0 bridgehead atoms. The SMILES string of the molecule is Cc1cccc(OCC(=O)N2CCC(Nc3cccnn3)CC2)c1. The molecule has 0 spiro atoms. The largest absolute Gasteiger partial charge is 0.484 e. The Balaban J connectivity index is 1.43. The summed E-state index contributed by atoms with van der Waals surface area (Å²) in [6, 6.07) is 11.8. The van der Waals surface area contributed by atoms with Crippen molar-refractivity contribution < 1.29 is 9.53 Å². The van der Waals surface area contributed by atoms with Crippen molar-refractivity contribution >= 4 is 11.7 Å². The number of amides is 1. The maximum Gasteiger partial charge on any atom is 0.260 e. The van der Waals surface area contributed by atoms with E-state index >= 15 is 0 Å². The molecule has 0 aliphatic carbocycles. The molecular formula is C18H22N4O2. The fraction of sp³-hybridized carbons (Fsp3) is 0.389. The van der Waals surface area contributed by atoms with Gasteiger partial charge in [0.15, 0.2) is 6.61 Å². The number of nitrogens with one attached hydrogen (secondary N) is 1. The van der Waals surface area contributed by atoms with Crippen molar-refractivity contribution in [3.05, 3.63) is 48.2 Å². The van der Waals surface area contributed by atoms with Gasteiger partial charge in [-0.1, -0.05) is 12.1 Å². The molecule has 3 rings (SSSR count). The molecule has 1 aromatic heterocycles. The average molecular weight is 326 g/mol. The number of benzene rings is 1. The highest BCUT2D eigenvalue weighted by Crippen LogP contribution is 2.16. The Bertz CT molecular complexity index is 670. The monoisotopic (exact) mass is 326 g/mol. The summed E-state index contributed by atoms with van der Waals surface area (Å²) in [6.45, 7) is 3.55. The van der Waals surface area contributed by atoms with Crippen LogP contribution in [0, 0.1) is 6.92 Å². The Morgan fingerprint density at radius 2 is 2.12 bits per heavy atom. The van der Waals surface area contributed by atoms with Crippen molar-refractivity contribution in [3.63, 3.8) is 0 Å². The van der Waals surface area contributed by atoms with Gasteiger partial charge in [0.2, 0.25) is 0 Å². The Labute approximate surface area is 141 Å². The maximum atomic E-state index is 12.3. The van der Waals surface area contributed by atoms with Gasteiger partial charge in [-0.15, -0.1) is 5.10 Å². The second kappa shape index (κ2) is 7.77. The first-order valence-electron chi connectivity index (χ1n) is 8.22. The molecule has 1 N–H and O–H groups in total. The second-order valence-corrected chi connectivity index (χ2v) is 6.01. The van der Waals surface area contributed by atoms with E-state index in [-0.39, 0.29) is 12.5 Å². The molecule has 1 aliphatic rings. The molecule has 1 aromatic carbocycles. The molecule has 24 heavy (non-hydrogen) atoms. The van der Waals surface area contributed by atoms with E-state index in [0.717, 1.165) is 43.1 Å². The van der Waals surface area contributed by atoms with Gasteiger partial charge in [0, 0.05) is 25.3 Å². The number of ether oxygens (including phenoxy) is 1. The molecule has 2 aromatic rings. The van der Waals surface area contributed by atoms with Crippen molar-refractivity contribution in [2.24, 2.45) is 0 Å². The van der Waals surface area contributed by atoms with Crippen molar-refractivity contribution in [1.29, 1.82) is 0 Å². The quantitative estimate of drug-likeness (QED) is 0.913. The number of carbonyl (C=O) groups is 1. The Hall–Kier alpha value is -2.63. The molecule has 0 radical (unpaired) electrons. The van der Waals surface area contributed by atoms with E-state index in [4.69, 9.17) is 4.74 Å². The summed E-state index contributed by atoms with van der Waals surface area (Å²) < 4.78 is 5.60. The van der Waals surface area contributed by atoms with Gasteiger partial charge in [0.25, 0.3) is 5.91 Å². The van der Waals surface area contributed by atoms with Gasteiger partial charge in [-0.2, -0.15) is 5.10 Å². The van der Waals surface area contributed by atoms with E-state index in [2.05, 4.69) is 15.5 Å². The molecule has 1 amide bonds. The number of rotatable bonds is 5. The van der Waals surface area contributed by atoms with Gasteiger partial charge in [-0.3, -0.25) is 4.79 Å². The van der Waals surface area contributed by atoms with Crippen LogP contribution in [0.3, 0.4) is 0 Å². The van der Waals surface area contributed by atoms with Crippen LogP contribution < -0.4 is 10.1 Å². The lowest BCUT2D eigenvalue weighted by atomic mass is 10.1. The summed E-state index contributed by atoms with van der Waals surface area (Å²) in [5.41, 5.74) is 1.12. The smallest absolute Gasteiger partial charge is 0.260 e. The highest BCUT2D eigenvalue weighted by atomic mass is 16.5. The number of aromatic nitrogens is 2. The number of hydrogen-bond acceptors (Lipinski definition) is 5. The lowest BCUT2D eigenvalue weighted by molar-refractivity contribution is -0.134. The fourth-order valence-electron chi connectivity index (χ4n) is 2.80. The maximum absolute atomic E-state index is 12.3. The molecule has 126 valence electrons. The predicted octanol–water partition coefficient (Wildman–Crippen LogP) is 2.27. The summed E-state index contributed by atoms with van der Waals surface area (Å²) in [5, 5.41) is 11.3. The minimum Gasteiger partial charge on any atom is -0.484 e. The van der Waals surface area contributed by atoms with Crippen molar-refractivity contribution in [1.82, 2.24) is 15.1 Å². The van der Waals surface area contributed by atoms with E-state index in [1.807, 2.05) is 48.2 Å².